The molecule has 5 heteroatoms. The molecule has 0 aliphatic carbocycles. The average molecular weight is 278 g/mol. The summed E-state index contributed by atoms with van der Waals surface area (Å²) in [5.74, 6) is 0. The van der Waals surface area contributed by atoms with Crippen LogP contribution < -0.4 is 0 Å². The maximum Gasteiger partial charge on any atom is 0.0658 e. The van der Waals surface area contributed by atoms with Gasteiger partial charge >= 0.3 is 0 Å². The molecule has 0 saturated heterocycles. The van der Waals surface area contributed by atoms with Crippen LogP contribution in [0.25, 0.3) is 0 Å². The van der Waals surface area contributed by atoms with Gasteiger partial charge in [-0.25, -0.2) is 0 Å². The zero-order valence-electron chi connectivity index (χ0n) is 12.6. The van der Waals surface area contributed by atoms with Gasteiger partial charge in [0.15, 0.2) is 0 Å². The number of hydrogen-bond acceptors (Lipinski definition) is 5. The Bertz CT molecular complexity index is 216. The highest BCUT2D eigenvalue weighted by molar-refractivity contribution is 4.81. The first-order chi connectivity index (χ1) is 8.62. The van der Waals surface area contributed by atoms with Gasteiger partial charge in [-0.05, 0) is 40.5 Å². The van der Waals surface area contributed by atoms with E-state index in [9.17, 15) is 10.2 Å². The molecule has 5 nitrogen and oxygen atoms in total. The van der Waals surface area contributed by atoms with Crippen molar-refractivity contribution in [3.8, 4) is 0 Å². The van der Waals surface area contributed by atoms with Gasteiger partial charge in [0.1, 0.15) is 0 Å². The van der Waals surface area contributed by atoms with Crippen LogP contribution in [0.2, 0.25) is 0 Å². The quantitative estimate of drug-likeness (QED) is 0.475. The molecule has 0 spiro atoms. The summed E-state index contributed by atoms with van der Waals surface area (Å²) in [7, 11) is 0. The third-order valence-electron chi connectivity index (χ3n) is 2.93. The van der Waals surface area contributed by atoms with Gasteiger partial charge in [0.25, 0.3) is 0 Å². The maximum absolute atomic E-state index is 9.73. The summed E-state index contributed by atoms with van der Waals surface area (Å²) in [5.41, 5.74) is -1.09. The minimum absolute atomic E-state index is 0.0458. The van der Waals surface area contributed by atoms with E-state index >= 15 is 0 Å². The molecule has 0 aromatic carbocycles. The van der Waals surface area contributed by atoms with Crippen molar-refractivity contribution < 1.29 is 25.2 Å². The molecule has 0 heterocycles. The summed E-state index contributed by atoms with van der Waals surface area (Å²) in [6.45, 7) is 7.44. The molecule has 0 saturated carbocycles. The molecule has 2 unspecified atom stereocenters. The Labute approximate surface area is 116 Å². The van der Waals surface area contributed by atoms with Crippen LogP contribution in [0.15, 0.2) is 0 Å². The lowest BCUT2D eigenvalue weighted by Crippen LogP contribution is -2.41. The maximum atomic E-state index is 9.73. The highest BCUT2D eigenvalue weighted by Crippen LogP contribution is 2.28. The predicted octanol–water partition coefficient (Wildman–Crippen LogP) is 0.827. The van der Waals surface area contributed by atoms with E-state index in [2.05, 4.69) is 0 Å². The Kier molecular flexibility index (Phi) is 8.08. The molecular formula is C14H30O5. The molecule has 0 aliphatic rings. The normalized spacial score (nSPS) is 16.4. The Hall–Kier alpha value is -0.200. The third kappa shape index (κ3) is 9.35. The van der Waals surface area contributed by atoms with Crippen molar-refractivity contribution in [3.63, 3.8) is 0 Å². The lowest BCUT2D eigenvalue weighted by molar-refractivity contribution is -0.151. The van der Waals surface area contributed by atoms with Crippen LogP contribution in [0.4, 0.5) is 0 Å². The molecule has 0 aromatic heterocycles. The van der Waals surface area contributed by atoms with E-state index < -0.39 is 23.4 Å². The molecule has 0 bridgehead atoms. The summed E-state index contributed by atoms with van der Waals surface area (Å²) in [4.78, 5) is 0. The number of ether oxygens (including phenoxy) is 1. The van der Waals surface area contributed by atoms with Crippen molar-refractivity contribution in [2.75, 3.05) is 13.2 Å². The lowest BCUT2D eigenvalue weighted by Gasteiger charge is -2.38. The van der Waals surface area contributed by atoms with E-state index in [0.29, 0.717) is 25.7 Å². The molecule has 0 aliphatic heterocycles. The van der Waals surface area contributed by atoms with Crippen LogP contribution in [0.5, 0.6) is 0 Å². The zero-order valence-corrected chi connectivity index (χ0v) is 12.6. The standard InChI is InChI=1S/C14H30O5/c1-13(2,9-11(17)5-7-15)19-14(3,4)10-12(18)6-8-16/h11-12,15-18H,5-10H2,1-4H3. The fraction of sp³-hybridized carbons (Fsp3) is 1.00. The molecule has 2 atom stereocenters. The molecule has 0 amide bonds. The first-order valence-corrected chi connectivity index (χ1v) is 6.90. The van der Waals surface area contributed by atoms with E-state index in [1.165, 1.54) is 0 Å². The fourth-order valence-electron chi connectivity index (χ4n) is 2.47. The Balaban J connectivity index is 4.36. The summed E-state index contributed by atoms with van der Waals surface area (Å²) in [5, 5.41) is 37.0. The molecule has 0 rings (SSSR count). The monoisotopic (exact) mass is 278 g/mol. The van der Waals surface area contributed by atoms with Gasteiger partial charge in [-0.2, -0.15) is 0 Å². The molecule has 116 valence electrons. The fourth-order valence-corrected chi connectivity index (χ4v) is 2.47. The first kappa shape index (κ1) is 18.8. The molecule has 0 radical (unpaired) electrons. The van der Waals surface area contributed by atoms with E-state index in [1.807, 2.05) is 27.7 Å². The van der Waals surface area contributed by atoms with Crippen molar-refractivity contribution in [2.24, 2.45) is 0 Å². The average Bonchev–Trinajstić information content (AvgIpc) is 2.13. The number of rotatable bonds is 10. The van der Waals surface area contributed by atoms with Gasteiger partial charge in [0.2, 0.25) is 0 Å². The van der Waals surface area contributed by atoms with Gasteiger partial charge in [-0.15, -0.1) is 0 Å². The lowest BCUT2D eigenvalue weighted by atomic mass is 9.94. The third-order valence-corrected chi connectivity index (χ3v) is 2.93. The largest absolute Gasteiger partial charge is 0.396 e. The topological polar surface area (TPSA) is 90.2 Å². The van der Waals surface area contributed by atoms with Gasteiger partial charge in [-0.1, -0.05) is 0 Å². The summed E-state index contributed by atoms with van der Waals surface area (Å²) < 4.78 is 5.98. The summed E-state index contributed by atoms with van der Waals surface area (Å²) in [6.07, 6.45) is 0.317. The summed E-state index contributed by atoms with van der Waals surface area (Å²) in [6, 6.07) is 0. The zero-order chi connectivity index (χ0) is 15.1. The Morgan fingerprint density at radius 2 is 1.11 bits per heavy atom. The smallest absolute Gasteiger partial charge is 0.0658 e. The van der Waals surface area contributed by atoms with Crippen LogP contribution in [-0.4, -0.2) is 57.0 Å². The molecule has 0 fully saturated rings. The molecule has 0 aromatic rings. The second-order valence-electron chi connectivity index (χ2n) is 6.36. The minimum atomic E-state index is -0.599. The van der Waals surface area contributed by atoms with Crippen LogP contribution in [0, 0.1) is 0 Å². The first-order valence-electron chi connectivity index (χ1n) is 6.90. The predicted molar refractivity (Wildman–Crippen MR) is 73.9 cm³/mol. The van der Waals surface area contributed by atoms with Gasteiger partial charge < -0.3 is 25.2 Å². The van der Waals surface area contributed by atoms with E-state index in [0.717, 1.165) is 0 Å². The SMILES string of the molecule is CC(C)(CC(O)CCO)OC(C)(C)CC(O)CCO. The van der Waals surface area contributed by atoms with E-state index in [1.54, 1.807) is 0 Å². The van der Waals surface area contributed by atoms with Gasteiger partial charge in [0, 0.05) is 26.1 Å². The Morgan fingerprint density at radius 1 is 0.789 bits per heavy atom. The van der Waals surface area contributed by atoms with Crippen LogP contribution in [0.3, 0.4) is 0 Å². The van der Waals surface area contributed by atoms with Crippen LogP contribution >= 0.6 is 0 Å². The van der Waals surface area contributed by atoms with Crippen molar-refractivity contribution >= 4 is 0 Å². The molecule has 19 heavy (non-hydrogen) atoms. The Morgan fingerprint density at radius 3 is 1.37 bits per heavy atom. The molecular weight excluding hydrogens is 248 g/mol. The van der Waals surface area contributed by atoms with Crippen LogP contribution in [-0.2, 0) is 4.74 Å². The van der Waals surface area contributed by atoms with Gasteiger partial charge in [-0.3, -0.25) is 0 Å². The van der Waals surface area contributed by atoms with Crippen molar-refractivity contribution in [1.82, 2.24) is 0 Å². The second-order valence-corrected chi connectivity index (χ2v) is 6.36. The van der Waals surface area contributed by atoms with Crippen molar-refractivity contribution in [1.29, 1.82) is 0 Å². The number of hydrogen-bond donors (Lipinski definition) is 4. The van der Waals surface area contributed by atoms with E-state index in [-0.39, 0.29) is 13.2 Å². The minimum Gasteiger partial charge on any atom is -0.396 e. The van der Waals surface area contributed by atoms with E-state index in [4.69, 9.17) is 14.9 Å². The van der Waals surface area contributed by atoms with Gasteiger partial charge in [0.05, 0.1) is 23.4 Å². The van der Waals surface area contributed by atoms with Crippen LogP contribution in [0.1, 0.15) is 53.4 Å². The number of aliphatic hydroxyl groups excluding tert-OH is 4. The molecule has 4 N–H and O–H groups in total. The number of aliphatic hydroxyl groups is 4. The second kappa shape index (κ2) is 8.17. The van der Waals surface area contributed by atoms with Crippen molar-refractivity contribution in [2.45, 2.75) is 76.8 Å². The summed E-state index contributed by atoms with van der Waals surface area (Å²) >= 11 is 0. The highest BCUT2D eigenvalue weighted by atomic mass is 16.5. The highest BCUT2D eigenvalue weighted by Gasteiger charge is 2.32. The van der Waals surface area contributed by atoms with Crippen molar-refractivity contribution in [3.05, 3.63) is 0 Å².